The normalized spacial score (nSPS) is 11.6. The van der Waals surface area contributed by atoms with Crippen molar-refractivity contribution >= 4 is 34.0 Å². The molecule has 0 radical (unpaired) electrons. The number of carbonyl (C=O) groups excluding carboxylic acids is 1. The number of amides is 1. The van der Waals surface area contributed by atoms with E-state index in [4.69, 9.17) is 21.7 Å². The minimum Gasteiger partial charge on any atom is -0.484 e. The van der Waals surface area contributed by atoms with Crippen molar-refractivity contribution in [1.29, 1.82) is 0 Å². The molecule has 1 atom stereocenters. The highest BCUT2D eigenvalue weighted by Gasteiger charge is 2.06. The Morgan fingerprint density at radius 1 is 1.17 bits per heavy atom. The van der Waals surface area contributed by atoms with Gasteiger partial charge in [-0.1, -0.05) is 30.3 Å². The fraction of sp³-hybridized carbons (Fsp3) is 0.294. The Bertz CT molecular complexity index is 708. The lowest BCUT2D eigenvalue weighted by atomic mass is 10.1. The second-order valence-electron chi connectivity index (χ2n) is 5.30. The predicted molar refractivity (Wildman–Crippen MR) is 97.8 cm³/mol. The van der Waals surface area contributed by atoms with Gasteiger partial charge in [-0.2, -0.15) is 0 Å². The third kappa shape index (κ3) is 5.68. The quantitative estimate of drug-likeness (QED) is 0.546. The lowest BCUT2D eigenvalue weighted by Gasteiger charge is -2.16. The van der Waals surface area contributed by atoms with E-state index >= 15 is 0 Å². The topological polar surface area (TPSA) is 71.6 Å². The summed E-state index contributed by atoms with van der Waals surface area (Å²) in [6.07, 6.45) is 0. The van der Waals surface area contributed by atoms with Gasteiger partial charge in [-0.3, -0.25) is 15.6 Å². The van der Waals surface area contributed by atoms with E-state index in [1.54, 1.807) is 7.11 Å². The first-order valence-corrected chi connectivity index (χ1v) is 7.95. The number of hydrazine groups is 1. The Morgan fingerprint density at radius 2 is 1.92 bits per heavy atom. The van der Waals surface area contributed by atoms with Crippen molar-refractivity contribution in [1.82, 2.24) is 16.2 Å². The van der Waals surface area contributed by atoms with Crippen LogP contribution in [0.2, 0.25) is 0 Å². The molecule has 2 aromatic carbocycles. The van der Waals surface area contributed by atoms with Crippen molar-refractivity contribution in [2.45, 2.75) is 13.0 Å². The van der Waals surface area contributed by atoms with Crippen molar-refractivity contribution < 1.29 is 14.3 Å². The second kappa shape index (κ2) is 9.05. The summed E-state index contributed by atoms with van der Waals surface area (Å²) < 4.78 is 10.5. The maximum absolute atomic E-state index is 11.8. The van der Waals surface area contributed by atoms with Gasteiger partial charge in [0.25, 0.3) is 5.91 Å². The zero-order valence-corrected chi connectivity index (χ0v) is 14.5. The van der Waals surface area contributed by atoms with E-state index in [-0.39, 0.29) is 18.6 Å². The molecule has 6 nitrogen and oxygen atoms in total. The van der Waals surface area contributed by atoms with Crippen LogP contribution >= 0.6 is 12.2 Å². The number of hydrogen-bond donors (Lipinski definition) is 3. The zero-order chi connectivity index (χ0) is 17.4. The van der Waals surface area contributed by atoms with Gasteiger partial charge in [-0.15, -0.1) is 0 Å². The van der Waals surface area contributed by atoms with Crippen LogP contribution in [0.25, 0.3) is 10.8 Å². The maximum atomic E-state index is 11.8. The van der Waals surface area contributed by atoms with Gasteiger partial charge in [-0.25, -0.2) is 0 Å². The van der Waals surface area contributed by atoms with Crippen LogP contribution in [0.4, 0.5) is 0 Å². The molecular weight excluding hydrogens is 326 g/mol. The van der Waals surface area contributed by atoms with Crippen LogP contribution in [0.3, 0.4) is 0 Å². The smallest absolute Gasteiger partial charge is 0.276 e. The maximum Gasteiger partial charge on any atom is 0.276 e. The molecule has 0 fully saturated rings. The Balaban J connectivity index is 1.75. The van der Waals surface area contributed by atoms with Crippen LogP contribution in [0.5, 0.6) is 5.75 Å². The first-order valence-electron chi connectivity index (χ1n) is 7.54. The highest BCUT2D eigenvalue weighted by Crippen LogP contribution is 2.20. The molecule has 24 heavy (non-hydrogen) atoms. The summed E-state index contributed by atoms with van der Waals surface area (Å²) in [5.74, 6) is 0.310. The Kier molecular flexibility index (Phi) is 6.77. The molecule has 0 aromatic heterocycles. The van der Waals surface area contributed by atoms with Crippen LogP contribution < -0.4 is 20.9 Å². The molecule has 0 aliphatic heterocycles. The first-order chi connectivity index (χ1) is 11.6. The molecule has 0 saturated carbocycles. The number of benzene rings is 2. The fourth-order valence-electron chi connectivity index (χ4n) is 2.12. The number of nitrogens with one attached hydrogen (secondary N) is 3. The van der Waals surface area contributed by atoms with Gasteiger partial charge in [0.15, 0.2) is 11.7 Å². The van der Waals surface area contributed by atoms with Crippen LogP contribution in [-0.2, 0) is 9.53 Å². The van der Waals surface area contributed by atoms with Gasteiger partial charge in [0.2, 0.25) is 0 Å². The van der Waals surface area contributed by atoms with Crippen LogP contribution in [-0.4, -0.2) is 37.4 Å². The van der Waals surface area contributed by atoms with E-state index < -0.39 is 0 Å². The molecule has 1 amide bonds. The van der Waals surface area contributed by atoms with Gasteiger partial charge < -0.3 is 14.8 Å². The molecule has 2 aromatic rings. The molecule has 0 aliphatic carbocycles. The van der Waals surface area contributed by atoms with Crippen molar-refractivity contribution in [3.63, 3.8) is 0 Å². The molecule has 0 aliphatic rings. The minimum atomic E-state index is -0.327. The summed E-state index contributed by atoms with van der Waals surface area (Å²) >= 11 is 5.06. The number of hydrogen-bond acceptors (Lipinski definition) is 4. The summed E-state index contributed by atoms with van der Waals surface area (Å²) in [4.78, 5) is 11.8. The largest absolute Gasteiger partial charge is 0.484 e. The summed E-state index contributed by atoms with van der Waals surface area (Å²) in [6, 6.07) is 13.7. The lowest BCUT2D eigenvalue weighted by Crippen LogP contribution is -2.50. The highest BCUT2D eigenvalue weighted by molar-refractivity contribution is 7.80. The van der Waals surface area contributed by atoms with E-state index in [0.717, 1.165) is 10.8 Å². The summed E-state index contributed by atoms with van der Waals surface area (Å²) in [5, 5.41) is 5.47. The van der Waals surface area contributed by atoms with Gasteiger partial charge in [0, 0.05) is 13.2 Å². The van der Waals surface area contributed by atoms with E-state index in [0.29, 0.717) is 17.5 Å². The van der Waals surface area contributed by atoms with Crippen LogP contribution in [0, 0.1) is 0 Å². The summed E-state index contributed by atoms with van der Waals surface area (Å²) in [7, 11) is 1.61. The van der Waals surface area contributed by atoms with Crippen LogP contribution in [0.15, 0.2) is 42.5 Å². The van der Waals surface area contributed by atoms with Gasteiger partial charge in [0.05, 0.1) is 6.61 Å². The highest BCUT2D eigenvalue weighted by atomic mass is 32.1. The molecule has 0 bridgehead atoms. The van der Waals surface area contributed by atoms with E-state index in [2.05, 4.69) is 16.2 Å². The average molecular weight is 347 g/mol. The van der Waals surface area contributed by atoms with E-state index in [1.807, 2.05) is 49.4 Å². The number of carbonyl (C=O) groups is 1. The van der Waals surface area contributed by atoms with E-state index in [9.17, 15) is 4.79 Å². The van der Waals surface area contributed by atoms with Crippen molar-refractivity contribution in [2.24, 2.45) is 0 Å². The van der Waals surface area contributed by atoms with Crippen LogP contribution in [0.1, 0.15) is 6.92 Å². The van der Waals surface area contributed by atoms with Gasteiger partial charge in [-0.05, 0) is 42.0 Å². The first kappa shape index (κ1) is 18.0. The molecule has 0 saturated heterocycles. The molecule has 0 heterocycles. The average Bonchev–Trinajstić information content (AvgIpc) is 2.58. The number of thiocarbonyl (C=S) groups is 1. The van der Waals surface area contributed by atoms with Crippen molar-refractivity contribution in [3.05, 3.63) is 42.5 Å². The monoisotopic (exact) mass is 347 g/mol. The third-order valence-electron chi connectivity index (χ3n) is 3.20. The van der Waals surface area contributed by atoms with Crippen molar-refractivity contribution in [2.75, 3.05) is 20.3 Å². The van der Waals surface area contributed by atoms with E-state index in [1.165, 1.54) is 0 Å². The molecular formula is C17H21N3O3S. The molecule has 0 unspecified atom stereocenters. The Labute approximate surface area is 146 Å². The van der Waals surface area contributed by atoms with Crippen molar-refractivity contribution in [3.8, 4) is 5.75 Å². The Hall–Kier alpha value is -2.38. The minimum absolute atomic E-state index is 0.0424. The standard InChI is InChI=1S/C17H21N3O3S/c1-12(10-22-2)18-17(24)20-19-16(21)11-23-15-8-7-13-5-3-4-6-14(13)9-15/h3-9,12H,10-11H2,1-2H3,(H,19,21)(H2,18,20,24)/t12-/m1/s1. The predicted octanol–water partition coefficient (Wildman–Crippen LogP) is 1.75. The fourth-order valence-corrected chi connectivity index (χ4v) is 2.37. The number of methoxy groups -OCH3 is 1. The second-order valence-corrected chi connectivity index (χ2v) is 5.71. The molecule has 0 spiro atoms. The molecule has 2 rings (SSSR count). The zero-order valence-electron chi connectivity index (χ0n) is 13.7. The summed E-state index contributed by atoms with van der Waals surface area (Å²) in [5.41, 5.74) is 5.10. The Morgan fingerprint density at radius 3 is 2.67 bits per heavy atom. The number of fused-ring (bicyclic) bond motifs is 1. The number of ether oxygens (including phenoxy) is 2. The molecule has 7 heteroatoms. The summed E-state index contributed by atoms with van der Waals surface area (Å²) in [6.45, 7) is 2.32. The lowest BCUT2D eigenvalue weighted by molar-refractivity contribution is -0.123. The SMILES string of the molecule is COC[C@@H](C)NC(=S)NNC(=O)COc1ccc2ccccc2c1. The van der Waals surface area contributed by atoms with Gasteiger partial charge >= 0.3 is 0 Å². The number of rotatable bonds is 6. The molecule has 128 valence electrons. The van der Waals surface area contributed by atoms with Gasteiger partial charge in [0.1, 0.15) is 5.75 Å². The third-order valence-corrected chi connectivity index (χ3v) is 3.42. The molecule has 3 N–H and O–H groups in total.